The second kappa shape index (κ2) is 14.8. The van der Waals surface area contributed by atoms with Crippen molar-refractivity contribution in [3.05, 3.63) is 60.2 Å². The molecule has 0 aromatic heterocycles. The van der Waals surface area contributed by atoms with Gasteiger partial charge in [-0.3, -0.25) is 14.9 Å². The van der Waals surface area contributed by atoms with E-state index in [2.05, 4.69) is 12.2 Å². The molecule has 0 spiro atoms. The molecule has 0 aliphatic heterocycles. The first kappa shape index (κ1) is 27.0. The number of aliphatic hydroxyl groups excluding tert-OH is 3. The van der Waals surface area contributed by atoms with Gasteiger partial charge in [-0.25, -0.2) is 0 Å². The number of imide groups is 1. The predicted molar refractivity (Wildman–Crippen MR) is 129 cm³/mol. The number of hydrogen-bond donors (Lipinski definition) is 4. The molecule has 0 unspecified atom stereocenters. The number of amides is 2. The van der Waals surface area contributed by atoms with Gasteiger partial charge in [-0.15, -0.1) is 0 Å². The van der Waals surface area contributed by atoms with Crippen LogP contribution in [0.4, 0.5) is 0 Å². The number of carbonyl (C=O) groups excluding carboxylic acids is 2. The Balaban J connectivity index is 1.71. The first-order chi connectivity index (χ1) is 15.9. The van der Waals surface area contributed by atoms with E-state index in [1.807, 2.05) is 24.3 Å². The van der Waals surface area contributed by atoms with Crippen molar-refractivity contribution < 1.29 is 24.9 Å². The third kappa shape index (κ3) is 9.62. The number of benzene rings is 1. The van der Waals surface area contributed by atoms with Gasteiger partial charge in [-0.05, 0) is 43.7 Å². The van der Waals surface area contributed by atoms with Crippen molar-refractivity contribution in [2.75, 3.05) is 0 Å². The van der Waals surface area contributed by atoms with Gasteiger partial charge in [-0.1, -0.05) is 68.7 Å². The van der Waals surface area contributed by atoms with E-state index in [0.29, 0.717) is 37.7 Å². The minimum absolute atomic E-state index is 0.0952. The Bertz CT molecular complexity index is 776. The normalized spacial score (nSPS) is 23.9. The zero-order valence-electron chi connectivity index (χ0n) is 19.6. The lowest BCUT2D eigenvalue weighted by molar-refractivity contribution is -0.120. The van der Waals surface area contributed by atoms with E-state index in [-0.39, 0.29) is 30.1 Å². The van der Waals surface area contributed by atoms with Crippen LogP contribution in [0.15, 0.2) is 54.6 Å². The number of hydrogen-bond acceptors (Lipinski definition) is 5. The van der Waals surface area contributed by atoms with E-state index in [0.717, 1.165) is 19.3 Å². The largest absolute Gasteiger partial charge is 0.393 e. The molecule has 6 heteroatoms. The van der Waals surface area contributed by atoms with Gasteiger partial charge in [0.15, 0.2) is 0 Å². The van der Waals surface area contributed by atoms with Gasteiger partial charge >= 0.3 is 0 Å². The zero-order chi connectivity index (χ0) is 24.1. The number of allylic oxidation sites excluding steroid dienone is 2. The molecule has 6 nitrogen and oxygen atoms in total. The molecule has 33 heavy (non-hydrogen) atoms. The lowest BCUT2D eigenvalue weighted by atomic mass is 9.89. The van der Waals surface area contributed by atoms with Crippen LogP contribution in [-0.4, -0.2) is 45.4 Å². The Kier molecular flexibility index (Phi) is 12.1. The summed E-state index contributed by atoms with van der Waals surface area (Å²) in [4.78, 5) is 23.9. The molecule has 1 aliphatic rings. The van der Waals surface area contributed by atoms with Crippen molar-refractivity contribution in [3.63, 3.8) is 0 Å². The Hall–Kier alpha value is -2.28. The summed E-state index contributed by atoms with van der Waals surface area (Å²) in [5.74, 6) is -0.962. The second-order valence-corrected chi connectivity index (χ2v) is 8.90. The van der Waals surface area contributed by atoms with E-state index in [1.165, 1.54) is 0 Å². The Morgan fingerprint density at radius 1 is 1.09 bits per heavy atom. The number of nitrogens with one attached hydrogen (secondary N) is 1. The van der Waals surface area contributed by atoms with Crippen molar-refractivity contribution in [3.8, 4) is 0 Å². The summed E-state index contributed by atoms with van der Waals surface area (Å²) >= 11 is 0. The topological polar surface area (TPSA) is 107 Å². The summed E-state index contributed by atoms with van der Waals surface area (Å²) in [5.41, 5.74) is 0.458. The predicted octanol–water partition coefficient (Wildman–Crippen LogP) is 3.91. The lowest BCUT2D eigenvalue weighted by Crippen LogP contribution is -2.30. The van der Waals surface area contributed by atoms with Gasteiger partial charge in [0.2, 0.25) is 5.91 Å². The summed E-state index contributed by atoms with van der Waals surface area (Å²) in [6.45, 7) is 2.12. The average Bonchev–Trinajstić information content (AvgIpc) is 3.07. The van der Waals surface area contributed by atoms with E-state index >= 15 is 0 Å². The molecular weight excluding hydrogens is 418 g/mol. The molecule has 2 rings (SSSR count). The third-order valence-corrected chi connectivity index (χ3v) is 6.21. The molecule has 1 saturated carbocycles. The Morgan fingerprint density at radius 3 is 2.58 bits per heavy atom. The fraction of sp³-hybridized carbons (Fsp3) is 0.556. The SMILES string of the molecule is CCCCC[C@H](O)/C=C/[C@@H]1[C@@H](C/C=C\CCCC(=O)NC(=O)c2ccccc2)[C@@H](O)C[C@H]1O. The summed E-state index contributed by atoms with van der Waals surface area (Å²) in [6, 6.07) is 8.64. The van der Waals surface area contributed by atoms with Gasteiger partial charge in [0.1, 0.15) is 0 Å². The maximum absolute atomic E-state index is 12.0. The van der Waals surface area contributed by atoms with Crippen molar-refractivity contribution in [2.24, 2.45) is 11.8 Å². The Morgan fingerprint density at radius 2 is 1.85 bits per heavy atom. The van der Waals surface area contributed by atoms with Crippen LogP contribution in [0.2, 0.25) is 0 Å². The minimum atomic E-state index is -0.608. The molecule has 0 heterocycles. The minimum Gasteiger partial charge on any atom is -0.393 e. The van der Waals surface area contributed by atoms with Crippen LogP contribution in [0.25, 0.3) is 0 Å². The van der Waals surface area contributed by atoms with E-state index in [1.54, 1.807) is 30.3 Å². The number of aliphatic hydroxyl groups is 3. The van der Waals surface area contributed by atoms with Crippen LogP contribution in [0.3, 0.4) is 0 Å². The van der Waals surface area contributed by atoms with E-state index < -0.39 is 18.3 Å². The van der Waals surface area contributed by atoms with Crippen LogP contribution >= 0.6 is 0 Å². The molecule has 2 amide bonds. The van der Waals surface area contributed by atoms with Gasteiger partial charge in [0.05, 0.1) is 18.3 Å². The van der Waals surface area contributed by atoms with Gasteiger partial charge in [-0.2, -0.15) is 0 Å². The fourth-order valence-electron chi connectivity index (χ4n) is 4.27. The first-order valence-corrected chi connectivity index (χ1v) is 12.2. The molecule has 1 aliphatic carbocycles. The summed E-state index contributed by atoms with van der Waals surface area (Å²) in [5, 5.41) is 33.2. The fourth-order valence-corrected chi connectivity index (χ4v) is 4.27. The Labute approximate surface area is 197 Å². The molecular formula is C27H39NO5. The molecule has 182 valence electrons. The maximum Gasteiger partial charge on any atom is 0.257 e. The molecule has 4 N–H and O–H groups in total. The van der Waals surface area contributed by atoms with Crippen LogP contribution in [0.5, 0.6) is 0 Å². The summed E-state index contributed by atoms with van der Waals surface area (Å²) in [6.07, 6.45) is 12.3. The lowest BCUT2D eigenvalue weighted by Gasteiger charge is -2.19. The molecule has 5 atom stereocenters. The maximum atomic E-state index is 12.0. The molecule has 0 radical (unpaired) electrons. The highest BCUT2D eigenvalue weighted by Crippen LogP contribution is 2.36. The number of carbonyl (C=O) groups is 2. The van der Waals surface area contributed by atoms with Gasteiger partial charge in [0, 0.05) is 24.3 Å². The smallest absolute Gasteiger partial charge is 0.257 e. The quantitative estimate of drug-likeness (QED) is 0.265. The standard InChI is InChI=1S/C27H39NO5/c1-2-3-7-14-21(29)17-18-23-22(24(30)19-25(23)31)15-10-4-5-11-16-26(32)28-27(33)20-12-8-6-9-13-20/h4,6,8-10,12-13,17-18,21-25,29-31H,2-3,5,7,11,14-16,19H2,1H3,(H,28,32,33)/b10-4-,18-17+/t21-,22+,23+,24-,25+/m0/s1. The van der Waals surface area contributed by atoms with Crippen LogP contribution in [0, 0.1) is 11.8 Å². The van der Waals surface area contributed by atoms with Crippen LogP contribution in [0.1, 0.15) is 75.1 Å². The van der Waals surface area contributed by atoms with E-state index in [4.69, 9.17) is 0 Å². The van der Waals surface area contributed by atoms with Crippen molar-refractivity contribution in [1.82, 2.24) is 5.32 Å². The van der Waals surface area contributed by atoms with Crippen LogP contribution in [-0.2, 0) is 4.79 Å². The zero-order valence-corrected chi connectivity index (χ0v) is 19.6. The monoisotopic (exact) mass is 457 g/mol. The molecule has 0 bridgehead atoms. The second-order valence-electron chi connectivity index (χ2n) is 8.90. The molecule has 1 aromatic rings. The van der Waals surface area contributed by atoms with Gasteiger partial charge in [0.25, 0.3) is 5.91 Å². The number of unbranched alkanes of at least 4 members (excludes halogenated alkanes) is 3. The first-order valence-electron chi connectivity index (χ1n) is 12.2. The molecule has 1 aromatic carbocycles. The highest BCUT2D eigenvalue weighted by molar-refractivity contribution is 6.04. The highest BCUT2D eigenvalue weighted by atomic mass is 16.3. The van der Waals surface area contributed by atoms with E-state index in [9.17, 15) is 24.9 Å². The average molecular weight is 458 g/mol. The summed E-state index contributed by atoms with van der Waals surface area (Å²) < 4.78 is 0. The summed E-state index contributed by atoms with van der Waals surface area (Å²) in [7, 11) is 0. The van der Waals surface area contributed by atoms with Gasteiger partial charge < -0.3 is 15.3 Å². The van der Waals surface area contributed by atoms with Crippen molar-refractivity contribution in [1.29, 1.82) is 0 Å². The molecule has 0 saturated heterocycles. The van der Waals surface area contributed by atoms with Crippen molar-refractivity contribution >= 4 is 11.8 Å². The number of rotatable bonds is 13. The highest BCUT2D eigenvalue weighted by Gasteiger charge is 2.39. The third-order valence-electron chi connectivity index (χ3n) is 6.21. The van der Waals surface area contributed by atoms with Crippen LogP contribution < -0.4 is 5.32 Å². The van der Waals surface area contributed by atoms with Crippen molar-refractivity contribution in [2.45, 2.75) is 83.0 Å². The molecule has 1 fully saturated rings.